The van der Waals surface area contributed by atoms with E-state index in [4.69, 9.17) is 11.9 Å². The number of urea groups is 1. The first kappa shape index (κ1) is 21.1. The second-order valence-corrected chi connectivity index (χ2v) is 9.01. The Morgan fingerprint density at radius 3 is 2.77 bits per heavy atom. The van der Waals surface area contributed by atoms with Crippen LogP contribution in [0.25, 0.3) is 0 Å². The van der Waals surface area contributed by atoms with E-state index in [-0.39, 0.29) is 18.0 Å². The number of carbonyl (C=O) groups is 3. The third-order valence-corrected chi connectivity index (χ3v) is 6.72. The molecule has 0 saturated carbocycles. The number of hydrogen-bond acceptors (Lipinski definition) is 7. The monoisotopic (exact) mass is 544 g/mol. The number of carbonyl (C=O) groups excluding carboxylic acids is 2. The number of imide groups is 1. The molecule has 0 radical (unpaired) electrons. The van der Waals surface area contributed by atoms with Crippen molar-refractivity contribution in [1.29, 1.82) is 0 Å². The quantitative estimate of drug-likeness (QED) is 0.385. The minimum atomic E-state index is -3.39. The molecule has 4 N–H and O–H groups in total. The average molecular weight is 544 g/mol. The molecule has 1 saturated heterocycles. The number of fused-ring (bicyclic) bond motifs is 1. The van der Waals surface area contributed by atoms with Crippen LogP contribution in [0.2, 0.25) is 0 Å². The summed E-state index contributed by atoms with van der Waals surface area (Å²) in [6.07, 6.45) is 1.59. The number of pyridine rings is 1. The van der Waals surface area contributed by atoms with Gasteiger partial charge in [0.15, 0.2) is 0 Å². The number of benzene rings is 1. The van der Waals surface area contributed by atoms with Crippen LogP contribution in [0, 0.1) is 5.92 Å². The topological polar surface area (TPSA) is 144 Å². The first-order valence-corrected chi connectivity index (χ1v) is 11.8. The number of hydrogen-bond donors (Lipinski definition) is 3. The Balaban J connectivity index is 1.45. The van der Waals surface area contributed by atoms with Gasteiger partial charge in [-0.1, -0.05) is 0 Å². The molecule has 0 aliphatic carbocycles. The van der Waals surface area contributed by atoms with Crippen molar-refractivity contribution in [3.05, 3.63) is 47.7 Å². The van der Waals surface area contributed by atoms with Gasteiger partial charge in [0.05, 0.1) is 0 Å². The molecule has 0 unspecified atom stereocenters. The van der Waals surface area contributed by atoms with Crippen LogP contribution in [0.15, 0.2) is 36.5 Å². The molecule has 12 heteroatoms. The Morgan fingerprint density at radius 2 is 2.06 bits per heavy atom. The van der Waals surface area contributed by atoms with Gasteiger partial charge < -0.3 is 5.73 Å². The van der Waals surface area contributed by atoms with Gasteiger partial charge in [0, 0.05) is 6.20 Å². The first-order valence-electron chi connectivity index (χ1n) is 9.19. The predicted molar refractivity (Wildman–Crippen MR) is 114 cm³/mol. The predicted octanol–water partition coefficient (Wildman–Crippen LogP) is 2.58. The average Bonchev–Trinajstić information content (AvgIpc) is 3.08. The Labute approximate surface area is 184 Å². The van der Waals surface area contributed by atoms with Crippen LogP contribution in [0.5, 0.6) is 11.5 Å². The summed E-state index contributed by atoms with van der Waals surface area (Å²) in [7, 11) is 0. The minimum absolute atomic E-state index is 0.124. The molecule has 3 atom stereocenters. The summed E-state index contributed by atoms with van der Waals surface area (Å²) in [5, 5.41) is 12.2. The summed E-state index contributed by atoms with van der Waals surface area (Å²) < 4.78 is 23.3. The van der Waals surface area contributed by atoms with Gasteiger partial charge in [0.2, 0.25) is 0 Å². The number of halogens is 2. The molecular formula is C19H18FIN4O6. The van der Waals surface area contributed by atoms with Gasteiger partial charge in [-0.3, -0.25) is 0 Å². The molecule has 3 amide bonds. The van der Waals surface area contributed by atoms with Crippen molar-refractivity contribution >= 4 is 44.9 Å². The molecule has 4 rings (SSSR count). The second kappa shape index (κ2) is 8.17. The number of β-lactam (4-membered cyclic amide) rings is 1. The van der Waals surface area contributed by atoms with Crippen molar-refractivity contribution in [2.75, 3.05) is 5.73 Å². The SMILES string of the molecule is C[C@H](NC(=O)N1C(=O)[C@H](Cc2ccnc(N)c2)[C@H]1C(=O)O)c1ccc2c(c1)OI(F)O2. The summed E-state index contributed by atoms with van der Waals surface area (Å²) in [6, 6.07) is 5.18. The summed E-state index contributed by atoms with van der Waals surface area (Å²) >= 11 is -3.39. The van der Waals surface area contributed by atoms with Crippen LogP contribution in [0.4, 0.5) is 13.5 Å². The van der Waals surface area contributed by atoms with Crippen molar-refractivity contribution in [3.63, 3.8) is 0 Å². The zero-order valence-corrected chi connectivity index (χ0v) is 18.3. The first-order chi connectivity index (χ1) is 14.7. The number of rotatable bonds is 5. The Bertz CT molecular complexity index is 1070. The van der Waals surface area contributed by atoms with Gasteiger partial charge in [-0.2, -0.15) is 0 Å². The van der Waals surface area contributed by atoms with Crippen LogP contribution in [0.3, 0.4) is 0 Å². The van der Waals surface area contributed by atoms with Gasteiger partial charge in [0.25, 0.3) is 0 Å². The number of anilines is 1. The van der Waals surface area contributed by atoms with E-state index >= 15 is 0 Å². The van der Waals surface area contributed by atoms with E-state index < -0.39 is 57.1 Å². The van der Waals surface area contributed by atoms with Crippen molar-refractivity contribution in [1.82, 2.24) is 15.2 Å². The zero-order chi connectivity index (χ0) is 22.3. The molecule has 1 fully saturated rings. The Morgan fingerprint density at radius 1 is 1.32 bits per heavy atom. The normalized spacial score (nSPS) is 21.4. The zero-order valence-electron chi connectivity index (χ0n) is 16.1. The van der Waals surface area contributed by atoms with E-state index in [1.54, 1.807) is 31.2 Å². The van der Waals surface area contributed by atoms with Crippen molar-refractivity contribution in [2.24, 2.45) is 5.92 Å². The van der Waals surface area contributed by atoms with E-state index in [2.05, 4.69) is 10.3 Å². The number of nitrogen functional groups attached to an aromatic ring is 1. The Kier molecular flexibility index (Phi) is 5.56. The summed E-state index contributed by atoms with van der Waals surface area (Å²) in [5.41, 5.74) is 6.87. The Hall–Kier alpha value is -3.16. The fourth-order valence-corrected chi connectivity index (χ4v) is 5.08. The molecule has 2 aliphatic heterocycles. The number of nitrogens with two attached hydrogens (primary N) is 1. The maximum absolute atomic E-state index is 13.3. The van der Waals surface area contributed by atoms with Crippen LogP contribution >= 0.6 is 21.2 Å². The summed E-state index contributed by atoms with van der Waals surface area (Å²) in [4.78, 5) is 41.6. The van der Waals surface area contributed by atoms with E-state index in [1.165, 1.54) is 12.3 Å². The number of amides is 3. The van der Waals surface area contributed by atoms with Crippen molar-refractivity contribution in [2.45, 2.75) is 25.4 Å². The fourth-order valence-electron chi connectivity index (χ4n) is 3.53. The molecule has 2 aliphatic rings. The van der Waals surface area contributed by atoms with Gasteiger partial charge in [-0.15, -0.1) is 0 Å². The van der Waals surface area contributed by atoms with E-state index in [0.717, 1.165) is 0 Å². The molecular weight excluding hydrogens is 526 g/mol. The molecule has 1 aromatic heterocycles. The van der Waals surface area contributed by atoms with Gasteiger partial charge >= 0.3 is 150 Å². The number of nitrogens with zero attached hydrogens (tertiary/aromatic N) is 2. The molecule has 10 nitrogen and oxygen atoms in total. The number of carboxylic acids is 1. The third kappa shape index (κ3) is 4.06. The van der Waals surface area contributed by atoms with Gasteiger partial charge in [-0.05, 0) is 12.1 Å². The number of likely N-dealkylation sites (tertiary alicyclic amines) is 1. The van der Waals surface area contributed by atoms with Crippen LogP contribution in [0.1, 0.15) is 24.1 Å². The van der Waals surface area contributed by atoms with E-state index in [1.807, 2.05) is 0 Å². The third-order valence-electron chi connectivity index (χ3n) is 5.08. The number of aliphatic carboxylic acids is 1. The van der Waals surface area contributed by atoms with Crippen LogP contribution < -0.4 is 17.2 Å². The molecule has 164 valence electrons. The number of aromatic nitrogens is 1. The van der Waals surface area contributed by atoms with Crippen LogP contribution in [-0.2, 0) is 16.0 Å². The van der Waals surface area contributed by atoms with Gasteiger partial charge in [0.1, 0.15) is 5.82 Å². The standard InChI is InChI=1S/C19H18FIN4O6/c1-9(11-2-3-13-14(8-11)31-21(20)30-13)24-19(29)25-16(18(27)28)12(17(25)26)6-10-4-5-23-15(22)7-10/h2-5,7-9,12,16H,6H2,1H3,(H2,22,23)(H,24,29)(H,27,28)/t9-,12+,16-/m0/s1. The molecule has 0 spiro atoms. The van der Waals surface area contributed by atoms with Crippen LogP contribution in [-0.4, -0.2) is 38.9 Å². The molecule has 2 aromatic rings. The van der Waals surface area contributed by atoms with E-state index in [9.17, 15) is 22.4 Å². The second-order valence-electron chi connectivity index (χ2n) is 7.10. The number of nitrogens with one attached hydrogen (secondary N) is 1. The summed E-state index contributed by atoms with van der Waals surface area (Å²) in [6.45, 7) is 1.65. The molecule has 3 heterocycles. The number of carboxylic acid groups (broad SMARTS) is 1. The summed E-state index contributed by atoms with van der Waals surface area (Å²) in [5.74, 6) is -1.95. The maximum atomic E-state index is 13.3. The molecule has 0 bridgehead atoms. The fraction of sp³-hybridized carbons (Fsp3) is 0.263. The van der Waals surface area contributed by atoms with Crippen molar-refractivity contribution in [3.8, 4) is 11.5 Å². The molecule has 31 heavy (non-hydrogen) atoms. The van der Waals surface area contributed by atoms with E-state index in [0.29, 0.717) is 21.8 Å². The molecule has 1 aromatic carbocycles. The van der Waals surface area contributed by atoms with Gasteiger partial charge in [-0.25, -0.2) is 4.98 Å². The van der Waals surface area contributed by atoms with Crippen molar-refractivity contribution < 1.29 is 28.5 Å².